The molecule has 0 unspecified atom stereocenters. The normalized spacial score (nSPS) is 15.3. The fourth-order valence-corrected chi connectivity index (χ4v) is 5.40. The summed E-state index contributed by atoms with van der Waals surface area (Å²) in [7, 11) is 1.70. The molecule has 0 radical (unpaired) electrons. The summed E-state index contributed by atoms with van der Waals surface area (Å²) in [5, 5.41) is 5.87. The minimum absolute atomic E-state index is 0.0215. The highest BCUT2D eigenvalue weighted by atomic mass is 16.5. The third-order valence-electron chi connectivity index (χ3n) is 7.78. The third kappa shape index (κ3) is 5.79. The Bertz CT molecular complexity index is 1340. The Morgan fingerprint density at radius 2 is 1.46 bits per heavy atom. The number of methoxy groups -OCH3 is 1. The SMILES string of the molecule is COc1ccccc1N1CCN(c2ccc(NC(=O)Nc3cccc(C)c3C)cc2C(=O)N2CCCC2)CC1. The lowest BCUT2D eigenvalue weighted by atomic mass is 10.1. The lowest BCUT2D eigenvalue weighted by Gasteiger charge is -2.38. The third-order valence-corrected chi connectivity index (χ3v) is 7.78. The van der Waals surface area contributed by atoms with Gasteiger partial charge in [-0.05, 0) is 74.2 Å². The maximum atomic E-state index is 13.6. The van der Waals surface area contributed by atoms with Crippen molar-refractivity contribution in [2.45, 2.75) is 26.7 Å². The van der Waals surface area contributed by atoms with Crippen LogP contribution in [0.5, 0.6) is 5.75 Å². The van der Waals surface area contributed by atoms with Gasteiger partial charge in [0.15, 0.2) is 0 Å². The zero-order valence-corrected chi connectivity index (χ0v) is 23.0. The fraction of sp³-hybridized carbons (Fsp3) is 0.355. The van der Waals surface area contributed by atoms with Crippen LogP contribution in [0.25, 0.3) is 0 Å². The molecule has 0 bridgehead atoms. The van der Waals surface area contributed by atoms with E-state index < -0.39 is 0 Å². The van der Waals surface area contributed by atoms with Crippen molar-refractivity contribution in [3.63, 3.8) is 0 Å². The maximum absolute atomic E-state index is 13.6. The summed E-state index contributed by atoms with van der Waals surface area (Å²) in [6.45, 7) is 8.72. The quantitative estimate of drug-likeness (QED) is 0.442. The van der Waals surface area contributed by atoms with Crippen molar-refractivity contribution in [2.24, 2.45) is 0 Å². The largest absolute Gasteiger partial charge is 0.495 e. The molecule has 3 aromatic carbocycles. The summed E-state index contributed by atoms with van der Waals surface area (Å²) in [6, 6.07) is 19.2. The number of carbonyl (C=O) groups excluding carboxylic acids is 2. The molecule has 3 amide bonds. The smallest absolute Gasteiger partial charge is 0.323 e. The summed E-state index contributed by atoms with van der Waals surface area (Å²) in [6.07, 6.45) is 2.05. The number of hydrogen-bond donors (Lipinski definition) is 2. The number of para-hydroxylation sites is 2. The van der Waals surface area contributed by atoms with Crippen molar-refractivity contribution in [1.82, 2.24) is 4.90 Å². The number of aryl methyl sites for hydroxylation is 1. The first kappa shape index (κ1) is 26.4. The van der Waals surface area contributed by atoms with Crippen molar-refractivity contribution in [3.8, 4) is 5.75 Å². The fourth-order valence-electron chi connectivity index (χ4n) is 5.40. The molecule has 0 saturated carbocycles. The molecule has 2 heterocycles. The van der Waals surface area contributed by atoms with Crippen LogP contribution in [0.1, 0.15) is 34.3 Å². The van der Waals surface area contributed by atoms with Crippen LogP contribution in [0.4, 0.5) is 27.5 Å². The van der Waals surface area contributed by atoms with Gasteiger partial charge in [0.2, 0.25) is 0 Å². The van der Waals surface area contributed by atoms with Crippen LogP contribution >= 0.6 is 0 Å². The van der Waals surface area contributed by atoms with E-state index in [9.17, 15) is 9.59 Å². The van der Waals surface area contributed by atoms with E-state index in [1.54, 1.807) is 7.11 Å². The summed E-state index contributed by atoms with van der Waals surface area (Å²) in [4.78, 5) is 33.0. The number of rotatable bonds is 6. The number of likely N-dealkylation sites (tertiary alicyclic amines) is 1. The van der Waals surface area contributed by atoms with Gasteiger partial charge in [-0.1, -0.05) is 24.3 Å². The zero-order chi connectivity index (χ0) is 27.4. The molecular formula is C31H37N5O3. The molecule has 3 aromatic rings. The monoisotopic (exact) mass is 527 g/mol. The van der Waals surface area contributed by atoms with Crippen LogP contribution in [-0.4, -0.2) is 63.2 Å². The molecule has 0 spiro atoms. The number of nitrogens with zero attached hydrogens (tertiary/aromatic N) is 3. The van der Waals surface area contributed by atoms with E-state index in [2.05, 4.69) is 26.5 Å². The van der Waals surface area contributed by atoms with Crippen molar-refractivity contribution < 1.29 is 14.3 Å². The molecule has 0 aromatic heterocycles. The Labute approximate surface area is 230 Å². The molecular weight excluding hydrogens is 490 g/mol. The molecule has 0 atom stereocenters. The minimum atomic E-state index is -0.332. The van der Waals surface area contributed by atoms with E-state index in [0.29, 0.717) is 11.3 Å². The second-order valence-electron chi connectivity index (χ2n) is 10.2. The van der Waals surface area contributed by atoms with Gasteiger partial charge < -0.3 is 30.1 Å². The number of anilines is 4. The number of ether oxygens (including phenoxy) is 1. The van der Waals surface area contributed by atoms with Crippen LogP contribution in [-0.2, 0) is 0 Å². The van der Waals surface area contributed by atoms with Crippen molar-refractivity contribution >= 4 is 34.7 Å². The number of amides is 3. The topological polar surface area (TPSA) is 77.1 Å². The molecule has 8 heteroatoms. The van der Waals surface area contributed by atoms with Crippen LogP contribution in [0.2, 0.25) is 0 Å². The predicted molar refractivity (Wildman–Crippen MR) is 158 cm³/mol. The van der Waals surface area contributed by atoms with E-state index in [4.69, 9.17) is 4.74 Å². The molecule has 39 heavy (non-hydrogen) atoms. The molecule has 2 aliphatic rings. The molecule has 204 valence electrons. The van der Waals surface area contributed by atoms with Gasteiger partial charge in [-0.25, -0.2) is 4.79 Å². The van der Waals surface area contributed by atoms with Crippen LogP contribution in [0, 0.1) is 13.8 Å². The molecule has 5 rings (SSSR count). The van der Waals surface area contributed by atoms with Gasteiger partial charge in [0.25, 0.3) is 5.91 Å². The van der Waals surface area contributed by atoms with E-state index in [0.717, 1.165) is 86.0 Å². The Morgan fingerprint density at radius 3 is 2.18 bits per heavy atom. The average molecular weight is 528 g/mol. The van der Waals surface area contributed by atoms with Gasteiger partial charge in [0.05, 0.1) is 18.4 Å². The molecule has 8 nitrogen and oxygen atoms in total. The van der Waals surface area contributed by atoms with E-state index >= 15 is 0 Å². The molecule has 2 aliphatic heterocycles. The Morgan fingerprint density at radius 1 is 0.769 bits per heavy atom. The molecule has 2 N–H and O–H groups in total. The van der Waals surface area contributed by atoms with Gasteiger partial charge in [0.1, 0.15) is 5.75 Å². The summed E-state index contributed by atoms with van der Waals surface area (Å²) in [5.74, 6) is 0.888. The lowest BCUT2D eigenvalue weighted by Crippen LogP contribution is -2.47. The summed E-state index contributed by atoms with van der Waals surface area (Å²) >= 11 is 0. The molecule has 0 aliphatic carbocycles. The van der Waals surface area contributed by atoms with Crippen molar-refractivity contribution in [3.05, 3.63) is 77.4 Å². The summed E-state index contributed by atoms with van der Waals surface area (Å²) < 4.78 is 5.57. The number of benzene rings is 3. The standard InChI is InChI=1S/C31H37N5O3/c1-22-9-8-10-26(23(22)2)33-31(38)32-24-13-14-27(25(21-24)30(37)36-15-6-7-16-36)34-17-19-35(20-18-34)28-11-4-5-12-29(28)39-3/h4-5,8-14,21H,6-7,15-20H2,1-3H3,(H2,32,33,38). The van der Waals surface area contributed by atoms with Gasteiger partial charge in [-0.2, -0.15) is 0 Å². The van der Waals surface area contributed by atoms with E-state index in [-0.39, 0.29) is 11.9 Å². The number of carbonyl (C=O) groups is 2. The number of nitrogens with one attached hydrogen (secondary N) is 2. The summed E-state index contributed by atoms with van der Waals surface area (Å²) in [5.41, 5.74) is 6.13. The highest BCUT2D eigenvalue weighted by molar-refractivity contribution is 6.04. The first-order valence-corrected chi connectivity index (χ1v) is 13.6. The minimum Gasteiger partial charge on any atom is -0.495 e. The second kappa shape index (κ2) is 11.7. The highest BCUT2D eigenvalue weighted by Gasteiger charge is 2.27. The van der Waals surface area contributed by atoms with Crippen molar-refractivity contribution in [1.29, 1.82) is 0 Å². The molecule has 2 fully saturated rings. The Hall–Kier alpha value is -4.20. The van der Waals surface area contributed by atoms with Gasteiger partial charge in [-0.15, -0.1) is 0 Å². The average Bonchev–Trinajstić information content (AvgIpc) is 3.50. The Kier molecular flexibility index (Phi) is 7.91. The van der Waals surface area contributed by atoms with E-state index in [1.165, 1.54) is 0 Å². The van der Waals surface area contributed by atoms with Gasteiger partial charge in [-0.3, -0.25) is 4.79 Å². The predicted octanol–water partition coefficient (Wildman–Crippen LogP) is 5.52. The van der Waals surface area contributed by atoms with E-state index in [1.807, 2.05) is 73.3 Å². The van der Waals surface area contributed by atoms with Gasteiger partial charge >= 0.3 is 6.03 Å². The van der Waals surface area contributed by atoms with Crippen LogP contribution < -0.4 is 25.2 Å². The van der Waals surface area contributed by atoms with Crippen LogP contribution in [0.3, 0.4) is 0 Å². The Balaban J connectivity index is 1.35. The highest BCUT2D eigenvalue weighted by Crippen LogP contribution is 2.32. The number of hydrogen-bond acceptors (Lipinski definition) is 5. The lowest BCUT2D eigenvalue weighted by molar-refractivity contribution is 0.0793. The zero-order valence-electron chi connectivity index (χ0n) is 23.0. The first-order chi connectivity index (χ1) is 18.9. The maximum Gasteiger partial charge on any atom is 0.323 e. The molecule has 2 saturated heterocycles. The second-order valence-corrected chi connectivity index (χ2v) is 10.2. The van der Waals surface area contributed by atoms with Gasteiger partial charge in [0, 0.05) is 56.3 Å². The van der Waals surface area contributed by atoms with Crippen LogP contribution in [0.15, 0.2) is 60.7 Å². The first-order valence-electron chi connectivity index (χ1n) is 13.6. The van der Waals surface area contributed by atoms with Crippen molar-refractivity contribution in [2.75, 3.05) is 66.8 Å². The number of piperazine rings is 1. The number of urea groups is 1.